The van der Waals surface area contributed by atoms with E-state index in [9.17, 15) is 4.39 Å². The second kappa shape index (κ2) is 5.88. The maximum atomic E-state index is 13.1. The minimum atomic E-state index is -0.184. The van der Waals surface area contributed by atoms with Gasteiger partial charge in [-0.1, -0.05) is 30.0 Å². The molecular formula is C16H14FN. The minimum absolute atomic E-state index is 0.184. The number of rotatable bonds is 2. The summed E-state index contributed by atoms with van der Waals surface area (Å²) in [5, 5.41) is 3.14. The van der Waals surface area contributed by atoms with Gasteiger partial charge in [-0.3, -0.25) is 0 Å². The molecule has 0 aliphatic carbocycles. The van der Waals surface area contributed by atoms with E-state index in [0.717, 1.165) is 11.3 Å². The third kappa shape index (κ3) is 3.36. The maximum absolute atomic E-state index is 13.1. The molecule has 2 rings (SSSR count). The van der Waals surface area contributed by atoms with Gasteiger partial charge in [-0.25, -0.2) is 4.39 Å². The fraction of sp³-hybridized carbons (Fsp3) is 0.125. The van der Waals surface area contributed by atoms with Crippen molar-refractivity contribution in [3.8, 4) is 11.8 Å². The van der Waals surface area contributed by atoms with Crippen molar-refractivity contribution in [2.24, 2.45) is 0 Å². The molecule has 0 heterocycles. The Hall–Kier alpha value is -2.27. The fourth-order valence-corrected chi connectivity index (χ4v) is 1.57. The predicted octanol–water partition coefficient (Wildman–Crippen LogP) is 3.60. The van der Waals surface area contributed by atoms with Crippen LogP contribution in [-0.4, -0.2) is 6.54 Å². The van der Waals surface area contributed by atoms with Gasteiger partial charge in [0.15, 0.2) is 0 Å². The largest absolute Gasteiger partial charge is 0.374 e. The molecule has 0 fully saturated rings. The monoisotopic (exact) mass is 239 g/mol. The quantitative estimate of drug-likeness (QED) is 0.790. The molecule has 2 aromatic carbocycles. The Morgan fingerprint density at radius 1 is 1.11 bits per heavy atom. The van der Waals surface area contributed by atoms with Gasteiger partial charge < -0.3 is 5.32 Å². The van der Waals surface area contributed by atoms with Gasteiger partial charge in [0.1, 0.15) is 5.82 Å². The molecule has 0 aliphatic heterocycles. The van der Waals surface area contributed by atoms with Crippen LogP contribution < -0.4 is 5.32 Å². The van der Waals surface area contributed by atoms with E-state index in [2.05, 4.69) is 17.2 Å². The van der Waals surface area contributed by atoms with Crippen LogP contribution in [0.25, 0.3) is 0 Å². The number of halogens is 1. The van der Waals surface area contributed by atoms with Crippen LogP contribution in [0.4, 0.5) is 10.1 Å². The van der Waals surface area contributed by atoms with Crippen LogP contribution in [0.3, 0.4) is 0 Å². The van der Waals surface area contributed by atoms with Crippen molar-refractivity contribution < 1.29 is 4.39 Å². The lowest BCUT2D eigenvalue weighted by molar-refractivity contribution is 0.619. The summed E-state index contributed by atoms with van der Waals surface area (Å²) in [6.07, 6.45) is 0. The molecular weight excluding hydrogens is 225 g/mol. The molecule has 0 aromatic heterocycles. The lowest BCUT2D eigenvalue weighted by Gasteiger charge is -2.03. The first-order chi connectivity index (χ1) is 8.75. The van der Waals surface area contributed by atoms with E-state index in [1.54, 1.807) is 19.1 Å². The minimum Gasteiger partial charge on any atom is -0.374 e. The van der Waals surface area contributed by atoms with Crippen molar-refractivity contribution in [2.75, 3.05) is 11.9 Å². The van der Waals surface area contributed by atoms with Crippen LogP contribution in [0.5, 0.6) is 0 Å². The fourth-order valence-electron chi connectivity index (χ4n) is 1.57. The van der Waals surface area contributed by atoms with Crippen molar-refractivity contribution in [1.29, 1.82) is 0 Å². The Balaban J connectivity index is 1.93. The Morgan fingerprint density at radius 3 is 2.61 bits per heavy atom. The predicted molar refractivity (Wildman–Crippen MR) is 72.9 cm³/mol. The highest BCUT2D eigenvalue weighted by molar-refractivity contribution is 5.47. The Bertz CT molecular complexity index is 579. The molecule has 18 heavy (non-hydrogen) atoms. The Labute approximate surface area is 107 Å². The highest BCUT2D eigenvalue weighted by Crippen LogP contribution is 2.12. The summed E-state index contributed by atoms with van der Waals surface area (Å²) in [6, 6.07) is 14.8. The van der Waals surface area contributed by atoms with E-state index in [1.165, 1.54) is 6.07 Å². The summed E-state index contributed by atoms with van der Waals surface area (Å²) in [7, 11) is 0. The van der Waals surface area contributed by atoms with Gasteiger partial charge in [0, 0.05) is 11.3 Å². The van der Waals surface area contributed by atoms with Crippen LogP contribution in [-0.2, 0) is 0 Å². The van der Waals surface area contributed by atoms with Gasteiger partial charge in [0.2, 0.25) is 0 Å². The van der Waals surface area contributed by atoms with Crippen LogP contribution in [0.15, 0.2) is 48.5 Å². The van der Waals surface area contributed by atoms with Crippen LogP contribution in [0, 0.1) is 24.6 Å². The van der Waals surface area contributed by atoms with Gasteiger partial charge in [-0.05, 0) is 42.8 Å². The Morgan fingerprint density at radius 2 is 1.89 bits per heavy atom. The first-order valence-electron chi connectivity index (χ1n) is 5.79. The average molecular weight is 239 g/mol. The van der Waals surface area contributed by atoms with Gasteiger partial charge >= 0.3 is 0 Å². The molecule has 2 heteroatoms. The molecule has 0 saturated carbocycles. The molecule has 2 aromatic rings. The topological polar surface area (TPSA) is 12.0 Å². The second-order valence-corrected chi connectivity index (χ2v) is 3.99. The molecule has 1 N–H and O–H groups in total. The number of anilines is 1. The normalized spacial score (nSPS) is 9.44. The van der Waals surface area contributed by atoms with E-state index in [-0.39, 0.29) is 5.82 Å². The highest BCUT2D eigenvalue weighted by Gasteiger charge is 1.96. The molecule has 0 spiro atoms. The zero-order valence-corrected chi connectivity index (χ0v) is 10.2. The molecule has 0 unspecified atom stereocenters. The molecule has 0 aliphatic rings. The molecule has 0 atom stereocenters. The van der Waals surface area contributed by atoms with Gasteiger partial charge in [-0.15, -0.1) is 0 Å². The van der Waals surface area contributed by atoms with E-state index < -0.39 is 0 Å². The average Bonchev–Trinajstić information content (AvgIpc) is 2.40. The third-order valence-electron chi connectivity index (χ3n) is 2.55. The maximum Gasteiger partial charge on any atom is 0.126 e. The summed E-state index contributed by atoms with van der Waals surface area (Å²) >= 11 is 0. The summed E-state index contributed by atoms with van der Waals surface area (Å²) in [6.45, 7) is 2.29. The van der Waals surface area contributed by atoms with Crippen LogP contribution in [0.1, 0.15) is 11.1 Å². The number of nitrogens with one attached hydrogen (secondary N) is 1. The molecule has 0 bridgehead atoms. The summed E-state index contributed by atoms with van der Waals surface area (Å²) in [4.78, 5) is 0. The number of benzene rings is 2. The second-order valence-electron chi connectivity index (χ2n) is 3.99. The smallest absolute Gasteiger partial charge is 0.126 e. The van der Waals surface area contributed by atoms with Crippen molar-refractivity contribution in [3.05, 3.63) is 65.5 Å². The van der Waals surface area contributed by atoms with E-state index in [1.807, 2.05) is 30.3 Å². The van der Waals surface area contributed by atoms with Gasteiger partial charge in [0.05, 0.1) is 6.54 Å². The highest BCUT2D eigenvalue weighted by atomic mass is 19.1. The van der Waals surface area contributed by atoms with E-state index >= 15 is 0 Å². The van der Waals surface area contributed by atoms with Gasteiger partial charge in [-0.2, -0.15) is 0 Å². The van der Waals surface area contributed by atoms with Crippen molar-refractivity contribution in [2.45, 2.75) is 6.92 Å². The summed E-state index contributed by atoms with van der Waals surface area (Å²) in [5.74, 6) is 5.90. The van der Waals surface area contributed by atoms with Crippen molar-refractivity contribution in [1.82, 2.24) is 0 Å². The lowest BCUT2D eigenvalue weighted by atomic mass is 10.2. The molecule has 0 saturated heterocycles. The molecule has 90 valence electrons. The first-order valence-corrected chi connectivity index (χ1v) is 5.79. The summed E-state index contributed by atoms with van der Waals surface area (Å²) < 4.78 is 13.1. The van der Waals surface area contributed by atoms with Crippen molar-refractivity contribution >= 4 is 5.69 Å². The van der Waals surface area contributed by atoms with E-state index in [0.29, 0.717) is 12.1 Å². The summed E-state index contributed by atoms with van der Waals surface area (Å²) in [5.41, 5.74) is 2.52. The van der Waals surface area contributed by atoms with E-state index in [4.69, 9.17) is 0 Å². The SMILES string of the molecule is Cc1cc(NCC#Cc2ccccc2)ccc1F. The van der Waals surface area contributed by atoms with Gasteiger partial charge in [0.25, 0.3) is 0 Å². The van der Waals surface area contributed by atoms with Crippen molar-refractivity contribution in [3.63, 3.8) is 0 Å². The lowest BCUT2D eigenvalue weighted by Crippen LogP contribution is -1.99. The number of aryl methyl sites for hydroxylation is 1. The molecule has 1 nitrogen and oxygen atoms in total. The number of hydrogen-bond donors (Lipinski definition) is 1. The van der Waals surface area contributed by atoms with Crippen LogP contribution in [0.2, 0.25) is 0 Å². The Kier molecular flexibility index (Phi) is 3.98. The zero-order chi connectivity index (χ0) is 12.8. The third-order valence-corrected chi connectivity index (χ3v) is 2.55. The first kappa shape index (κ1) is 12.2. The standard InChI is InChI=1S/C16H14FN/c1-13-12-15(9-10-16(13)17)18-11-5-8-14-6-3-2-4-7-14/h2-4,6-7,9-10,12,18H,11H2,1H3. The number of hydrogen-bond acceptors (Lipinski definition) is 1. The molecule has 0 radical (unpaired) electrons. The van der Waals surface area contributed by atoms with Crippen LogP contribution >= 0.6 is 0 Å². The zero-order valence-electron chi connectivity index (χ0n) is 10.2. The molecule has 0 amide bonds.